The third-order valence-corrected chi connectivity index (χ3v) is 4.78. The number of phenols is 2. The second-order valence-corrected chi connectivity index (χ2v) is 6.75. The Morgan fingerprint density at radius 3 is 2.72 bits per heavy atom. The van der Waals surface area contributed by atoms with Gasteiger partial charge in [-0.2, -0.15) is 0 Å². The molecule has 3 atom stereocenters. The number of fused-ring (bicyclic) bond motifs is 2. The number of cyclic esters (lactones) is 1. The standard InChI is InChI=1S/C18H19ClO6/c1-9-6-15-14(25-15)5-3-2-4-10(20)7-11-16(18(23)24-9)12(21)8-13(22)17(11)19/h2,4,8-9,14-15,21-22H,3,5-7H2,1H3/t9-,14+,15+/m1/s1. The molecule has 1 aromatic rings. The number of ketones is 1. The van der Waals surface area contributed by atoms with Gasteiger partial charge in [-0.3, -0.25) is 4.79 Å². The van der Waals surface area contributed by atoms with Crippen LogP contribution in [0, 0.1) is 0 Å². The molecule has 0 unspecified atom stereocenters. The number of carbonyl (C=O) groups excluding carboxylic acids is 2. The third kappa shape index (κ3) is 3.96. The number of hydrogen-bond donors (Lipinski definition) is 2. The maximum Gasteiger partial charge on any atom is 0.342 e. The van der Waals surface area contributed by atoms with E-state index in [1.54, 1.807) is 13.0 Å². The van der Waals surface area contributed by atoms with Crippen molar-refractivity contribution in [2.75, 3.05) is 0 Å². The van der Waals surface area contributed by atoms with Gasteiger partial charge >= 0.3 is 5.97 Å². The summed E-state index contributed by atoms with van der Waals surface area (Å²) in [6.07, 6.45) is 4.74. The van der Waals surface area contributed by atoms with E-state index in [2.05, 4.69) is 0 Å². The molecule has 0 aromatic heterocycles. The van der Waals surface area contributed by atoms with Gasteiger partial charge in [0.15, 0.2) is 5.78 Å². The number of rotatable bonds is 0. The first-order chi connectivity index (χ1) is 11.9. The van der Waals surface area contributed by atoms with Crippen LogP contribution in [0.15, 0.2) is 18.2 Å². The van der Waals surface area contributed by atoms with Crippen LogP contribution in [-0.4, -0.2) is 40.3 Å². The normalized spacial score (nSPS) is 27.0. The predicted molar refractivity (Wildman–Crippen MR) is 90.0 cm³/mol. The third-order valence-electron chi connectivity index (χ3n) is 4.36. The Kier molecular flexibility index (Phi) is 5.01. The summed E-state index contributed by atoms with van der Waals surface area (Å²) in [5, 5.41) is 19.8. The first-order valence-corrected chi connectivity index (χ1v) is 8.53. The van der Waals surface area contributed by atoms with E-state index in [0.717, 1.165) is 12.5 Å². The van der Waals surface area contributed by atoms with Gasteiger partial charge in [0, 0.05) is 24.5 Å². The molecular weight excluding hydrogens is 348 g/mol. The molecule has 1 fully saturated rings. The van der Waals surface area contributed by atoms with Gasteiger partial charge in [0.1, 0.15) is 23.2 Å². The largest absolute Gasteiger partial charge is 0.507 e. The van der Waals surface area contributed by atoms with Crippen LogP contribution < -0.4 is 0 Å². The lowest BCUT2D eigenvalue weighted by Crippen LogP contribution is -2.20. The fourth-order valence-corrected chi connectivity index (χ4v) is 3.26. The molecule has 6 nitrogen and oxygen atoms in total. The van der Waals surface area contributed by atoms with Gasteiger partial charge in [-0.25, -0.2) is 4.79 Å². The molecule has 0 aliphatic carbocycles. The van der Waals surface area contributed by atoms with Crippen LogP contribution in [0.25, 0.3) is 0 Å². The van der Waals surface area contributed by atoms with Crippen molar-refractivity contribution < 1.29 is 29.3 Å². The molecular formula is C18H19ClO6. The van der Waals surface area contributed by atoms with Crippen molar-refractivity contribution in [3.8, 4) is 11.5 Å². The smallest absolute Gasteiger partial charge is 0.342 e. The highest BCUT2D eigenvalue weighted by molar-refractivity contribution is 6.33. The van der Waals surface area contributed by atoms with Crippen molar-refractivity contribution in [2.45, 2.75) is 50.9 Å². The Hall–Kier alpha value is -2.05. The minimum Gasteiger partial charge on any atom is -0.507 e. The second-order valence-electron chi connectivity index (χ2n) is 6.37. The Bertz CT molecular complexity index is 742. The Balaban J connectivity index is 1.98. The van der Waals surface area contributed by atoms with Gasteiger partial charge in [0.25, 0.3) is 0 Å². The first-order valence-electron chi connectivity index (χ1n) is 8.16. The van der Waals surface area contributed by atoms with E-state index in [1.165, 1.54) is 6.08 Å². The average molecular weight is 367 g/mol. The molecule has 7 heteroatoms. The highest BCUT2D eigenvalue weighted by Gasteiger charge is 2.39. The highest BCUT2D eigenvalue weighted by atomic mass is 35.5. The molecule has 2 aliphatic rings. The Morgan fingerprint density at radius 1 is 1.20 bits per heavy atom. The molecule has 0 spiro atoms. The molecule has 3 rings (SSSR count). The van der Waals surface area contributed by atoms with Crippen LogP contribution in [-0.2, 0) is 20.7 Å². The molecule has 2 N–H and O–H groups in total. The Morgan fingerprint density at radius 2 is 1.96 bits per heavy atom. The Labute approximate surface area is 150 Å². The number of allylic oxidation sites excluding steroid dienone is 2. The van der Waals surface area contributed by atoms with Gasteiger partial charge < -0.3 is 19.7 Å². The SMILES string of the molecule is C[C@@H]1C[C@@H]2O[C@H]2CCC=CC(=O)Cc2c(Cl)c(O)cc(O)c2C(=O)O1. The number of aromatic hydroxyl groups is 2. The number of halogens is 1. The molecule has 1 saturated heterocycles. The second kappa shape index (κ2) is 7.06. The van der Waals surface area contributed by atoms with Crippen molar-refractivity contribution in [3.05, 3.63) is 34.4 Å². The van der Waals surface area contributed by atoms with Crippen LogP contribution in [0.2, 0.25) is 5.02 Å². The average Bonchev–Trinajstić information content (AvgIpc) is 3.25. The van der Waals surface area contributed by atoms with E-state index in [9.17, 15) is 19.8 Å². The lowest BCUT2D eigenvalue weighted by Gasteiger charge is -2.16. The fourth-order valence-electron chi connectivity index (χ4n) is 3.04. The quantitative estimate of drug-likeness (QED) is 0.541. The summed E-state index contributed by atoms with van der Waals surface area (Å²) in [6.45, 7) is 1.74. The van der Waals surface area contributed by atoms with Crippen molar-refractivity contribution in [1.82, 2.24) is 0 Å². The first kappa shape index (κ1) is 17.8. The highest BCUT2D eigenvalue weighted by Crippen LogP contribution is 2.38. The lowest BCUT2D eigenvalue weighted by molar-refractivity contribution is -0.114. The van der Waals surface area contributed by atoms with Gasteiger partial charge in [-0.15, -0.1) is 0 Å². The molecule has 0 amide bonds. The zero-order valence-electron chi connectivity index (χ0n) is 13.7. The number of benzene rings is 1. The minimum atomic E-state index is -0.784. The number of hydrogen-bond acceptors (Lipinski definition) is 6. The monoisotopic (exact) mass is 366 g/mol. The van der Waals surface area contributed by atoms with Crippen molar-refractivity contribution in [3.63, 3.8) is 0 Å². The van der Waals surface area contributed by atoms with Gasteiger partial charge in [0.05, 0.1) is 17.2 Å². The maximum absolute atomic E-state index is 12.5. The van der Waals surface area contributed by atoms with Crippen LogP contribution in [0.1, 0.15) is 42.1 Å². The van der Waals surface area contributed by atoms with Crippen molar-refractivity contribution in [1.29, 1.82) is 0 Å². The predicted octanol–water partition coefficient (Wildman–Crippen LogP) is 2.92. The van der Waals surface area contributed by atoms with Gasteiger partial charge in [-0.1, -0.05) is 17.7 Å². The van der Waals surface area contributed by atoms with Gasteiger partial charge in [0.2, 0.25) is 0 Å². The van der Waals surface area contributed by atoms with E-state index >= 15 is 0 Å². The minimum absolute atomic E-state index is 0.0336. The molecule has 0 saturated carbocycles. The van der Waals surface area contributed by atoms with Crippen molar-refractivity contribution in [2.24, 2.45) is 0 Å². The van der Waals surface area contributed by atoms with E-state index in [0.29, 0.717) is 12.8 Å². The molecule has 2 aliphatic heterocycles. The summed E-state index contributed by atoms with van der Waals surface area (Å²) in [7, 11) is 0. The van der Waals surface area contributed by atoms with Gasteiger partial charge in [-0.05, 0) is 25.8 Å². The number of esters is 1. The summed E-state index contributed by atoms with van der Waals surface area (Å²) in [5.41, 5.74) is -0.134. The van der Waals surface area contributed by atoms with E-state index in [-0.39, 0.29) is 40.6 Å². The van der Waals surface area contributed by atoms with E-state index < -0.39 is 23.6 Å². The van der Waals surface area contributed by atoms with Crippen molar-refractivity contribution >= 4 is 23.4 Å². The maximum atomic E-state index is 12.5. The van der Waals surface area contributed by atoms with Crippen LogP contribution in [0.4, 0.5) is 0 Å². The fraction of sp³-hybridized carbons (Fsp3) is 0.444. The summed E-state index contributed by atoms with van der Waals surface area (Å²) < 4.78 is 10.9. The number of ether oxygens (including phenoxy) is 2. The van der Waals surface area contributed by atoms with E-state index in [1.807, 2.05) is 0 Å². The van der Waals surface area contributed by atoms with Crippen LogP contribution >= 0.6 is 11.6 Å². The number of epoxide rings is 1. The van der Waals surface area contributed by atoms with Crippen LogP contribution in [0.5, 0.6) is 11.5 Å². The molecule has 25 heavy (non-hydrogen) atoms. The summed E-state index contributed by atoms with van der Waals surface area (Å²) >= 11 is 6.07. The molecule has 134 valence electrons. The number of phenolic OH excluding ortho intramolecular Hbond substituents is 2. The number of carbonyl (C=O) groups is 2. The van der Waals surface area contributed by atoms with E-state index in [4.69, 9.17) is 21.1 Å². The summed E-state index contributed by atoms with van der Waals surface area (Å²) in [4.78, 5) is 24.7. The summed E-state index contributed by atoms with van der Waals surface area (Å²) in [6, 6.07) is 0.969. The lowest BCUT2D eigenvalue weighted by atomic mass is 9.99. The van der Waals surface area contributed by atoms with Crippen LogP contribution in [0.3, 0.4) is 0 Å². The summed E-state index contributed by atoms with van der Waals surface area (Å²) in [5.74, 6) is -1.95. The topological polar surface area (TPSA) is 96.4 Å². The zero-order valence-corrected chi connectivity index (χ0v) is 14.5. The molecule has 0 bridgehead atoms. The molecule has 0 radical (unpaired) electrons. The molecule has 1 aromatic carbocycles. The zero-order chi connectivity index (χ0) is 18.1. The molecule has 2 heterocycles.